The molecule has 0 radical (unpaired) electrons. The fourth-order valence-electron chi connectivity index (χ4n) is 2.08. The van der Waals surface area contributed by atoms with Crippen LogP contribution in [0.3, 0.4) is 0 Å². The van der Waals surface area contributed by atoms with Gasteiger partial charge in [-0.2, -0.15) is 0 Å². The minimum Gasteiger partial charge on any atom is -0.394 e. The Morgan fingerprint density at radius 1 is 1.08 bits per heavy atom. The van der Waals surface area contributed by atoms with Crippen LogP contribution < -0.4 is 10.6 Å². The highest BCUT2D eigenvalue weighted by molar-refractivity contribution is 6.30. The first-order chi connectivity index (χ1) is 12.3. The maximum atomic E-state index is 12.6. The molecule has 136 valence electrons. The number of hydrogen-bond acceptors (Lipinski definition) is 3. The second-order valence-electron chi connectivity index (χ2n) is 6.43. The zero-order valence-corrected chi connectivity index (χ0v) is 15.4. The molecule has 0 aliphatic heterocycles. The number of amides is 2. The predicted molar refractivity (Wildman–Crippen MR) is 103 cm³/mol. The molecular formula is C20H21ClN2O3. The zero-order valence-electron chi connectivity index (χ0n) is 14.6. The van der Waals surface area contributed by atoms with Crippen LogP contribution in [0.1, 0.15) is 29.8 Å². The van der Waals surface area contributed by atoms with Gasteiger partial charge in [-0.25, -0.2) is 0 Å². The van der Waals surface area contributed by atoms with Gasteiger partial charge in [0, 0.05) is 10.6 Å². The number of nitrogens with one attached hydrogen (secondary N) is 2. The number of hydrogen-bond donors (Lipinski definition) is 3. The molecule has 0 aliphatic carbocycles. The van der Waals surface area contributed by atoms with Gasteiger partial charge in [-0.1, -0.05) is 41.9 Å². The van der Waals surface area contributed by atoms with Crippen LogP contribution in [0.2, 0.25) is 5.02 Å². The van der Waals surface area contributed by atoms with Gasteiger partial charge in [0.15, 0.2) is 0 Å². The molecule has 6 heteroatoms. The van der Waals surface area contributed by atoms with Gasteiger partial charge in [-0.3, -0.25) is 9.59 Å². The summed E-state index contributed by atoms with van der Waals surface area (Å²) in [6.07, 6.45) is 1.56. The van der Waals surface area contributed by atoms with Gasteiger partial charge < -0.3 is 15.7 Å². The number of aliphatic hydroxyl groups is 1. The molecule has 0 spiro atoms. The van der Waals surface area contributed by atoms with E-state index < -0.39 is 17.4 Å². The Bertz CT molecular complexity index is 800. The normalized spacial score (nSPS) is 11.8. The largest absolute Gasteiger partial charge is 0.394 e. The zero-order chi connectivity index (χ0) is 19.2. The van der Waals surface area contributed by atoms with E-state index in [9.17, 15) is 14.7 Å². The van der Waals surface area contributed by atoms with E-state index in [1.165, 1.54) is 0 Å². The lowest BCUT2D eigenvalue weighted by atomic mass is 10.1. The fraction of sp³-hybridized carbons (Fsp3) is 0.200. The van der Waals surface area contributed by atoms with Gasteiger partial charge in [-0.05, 0) is 49.8 Å². The average molecular weight is 373 g/mol. The molecule has 0 aliphatic rings. The molecule has 2 rings (SSSR count). The lowest BCUT2D eigenvalue weighted by Gasteiger charge is -2.24. The minimum absolute atomic E-state index is 0.0719. The second-order valence-corrected chi connectivity index (χ2v) is 6.86. The van der Waals surface area contributed by atoms with Gasteiger partial charge >= 0.3 is 0 Å². The third-order valence-electron chi connectivity index (χ3n) is 3.56. The van der Waals surface area contributed by atoms with Crippen LogP contribution in [0, 0.1) is 0 Å². The average Bonchev–Trinajstić information content (AvgIpc) is 2.63. The molecule has 0 atom stereocenters. The third-order valence-corrected chi connectivity index (χ3v) is 3.81. The van der Waals surface area contributed by atoms with Crippen molar-refractivity contribution in [1.29, 1.82) is 0 Å². The van der Waals surface area contributed by atoms with E-state index >= 15 is 0 Å². The number of halogens is 1. The lowest BCUT2D eigenvalue weighted by Crippen LogP contribution is -2.48. The Kier molecular flexibility index (Phi) is 6.55. The highest BCUT2D eigenvalue weighted by Gasteiger charge is 2.22. The van der Waals surface area contributed by atoms with E-state index in [2.05, 4.69) is 10.6 Å². The molecule has 0 saturated heterocycles. The van der Waals surface area contributed by atoms with Crippen LogP contribution >= 0.6 is 11.6 Å². The fourth-order valence-corrected chi connectivity index (χ4v) is 2.21. The third kappa shape index (κ3) is 5.72. The predicted octanol–water partition coefficient (Wildman–Crippen LogP) is 3.00. The Morgan fingerprint density at radius 2 is 1.69 bits per heavy atom. The molecule has 0 saturated carbocycles. The number of rotatable bonds is 6. The maximum Gasteiger partial charge on any atom is 0.268 e. The van der Waals surface area contributed by atoms with Crippen molar-refractivity contribution >= 4 is 29.5 Å². The SMILES string of the molecule is CC(C)(CO)NC(=O)C(=Cc1ccc(Cl)cc1)NC(=O)c1ccccc1. The summed E-state index contributed by atoms with van der Waals surface area (Å²) in [5.41, 5.74) is 0.384. The van der Waals surface area contributed by atoms with Gasteiger partial charge in [0.05, 0.1) is 12.1 Å². The second kappa shape index (κ2) is 8.65. The maximum absolute atomic E-state index is 12.6. The van der Waals surface area contributed by atoms with Crippen molar-refractivity contribution in [1.82, 2.24) is 10.6 Å². The van der Waals surface area contributed by atoms with Gasteiger partial charge in [-0.15, -0.1) is 0 Å². The van der Waals surface area contributed by atoms with Crippen molar-refractivity contribution in [2.45, 2.75) is 19.4 Å². The molecule has 5 nitrogen and oxygen atoms in total. The summed E-state index contributed by atoms with van der Waals surface area (Å²) in [5.74, 6) is -0.897. The minimum atomic E-state index is -0.826. The smallest absolute Gasteiger partial charge is 0.268 e. The summed E-state index contributed by atoms with van der Waals surface area (Å²) in [6, 6.07) is 15.5. The molecule has 2 aromatic carbocycles. The van der Waals surface area contributed by atoms with Gasteiger partial charge in [0.25, 0.3) is 11.8 Å². The van der Waals surface area contributed by atoms with E-state index in [0.717, 1.165) is 0 Å². The van der Waals surface area contributed by atoms with Crippen molar-refractivity contribution in [2.24, 2.45) is 0 Å². The standard InChI is InChI=1S/C20H21ClN2O3/c1-20(2,13-24)23-19(26)17(12-14-8-10-16(21)11-9-14)22-18(25)15-6-4-3-5-7-15/h3-12,24H,13H2,1-2H3,(H,22,25)(H,23,26). The molecule has 2 amide bonds. The number of benzene rings is 2. The molecule has 3 N–H and O–H groups in total. The molecular weight excluding hydrogens is 352 g/mol. The highest BCUT2D eigenvalue weighted by Crippen LogP contribution is 2.13. The van der Waals surface area contributed by atoms with Gasteiger partial charge in [0.2, 0.25) is 0 Å². The summed E-state index contributed by atoms with van der Waals surface area (Å²) in [7, 11) is 0. The molecule has 0 heterocycles. The summed E-state index contributed by atoms with van der Waals surface area (Å²) in [5, 5.41) is 15.3. The summed E-state index contributed by atoms with van der Waals surface area (Å²) in [6.45, 7) is 3.13. The first kappa shape index (κ1) is 19.7. The van der Waals surface area contributed by atoms with Gasteiger partial charge in [0.1, 0.15) is 5.70 Å². The van der Waals surface area contributed by atoms with Crippen molar-refractivity contribution in [3.63, 3.8) is 0 Å². The summed E-state index contributed by atoms with van der Waals surface area (Å²) in [4.78, 5) is 25.1. The molecule has 2 aromatic rings. The number of carbonyl (C=O) groups is 2. The van der Waals surface area contributed by atoms with E-state index in [-0.39, 0.29) is 12.3 Å². The topological polar surface area (TPSA) is 78.4 Å². The van der Waals surface area contributed by atoms with E-state index in [0.29, 0.717) is 16.1 Å². The first-order valence-electron chi connectivity index (χ1n) is 8.08. The molecule has 0 unspecified atom stereocenters. The van der Waals surface area contributed by atoms with E-state index in [1.54, 1.807) is 74.5 Å². The summed E-state index contributed by atoms with van der Waals surface area (Å²) >= 11 is 5.88. The highest BCUT2D eigenvalue weighted by atomic mass is 35.5. The van der Waals surface area contributed by atoms with Crippen molar-refractivity contribution in [3.8, 4) is 0 Å². The van der Waals surface area contributed by atoms with Crippen LogP contribution in [0.4, 0.5) is 0 Å². The summed E-state index contributed by atoms with van der Waals surface area (Å²) < 4.78 is 0. The van der Waals surface area contributed by atoms with Crippen molar-refractivity contribution in [2.75, 3.05) is 6.61 Å². The quantitative estimate of drug-likeness (QED) is 0.682. The molecule has 0 fully saturated rings. The van der Waals surface area contributed by atoms with Crippen molar-refractivity contribution < 1.29 is 14.7 Å². The monoisotopic (exact) mass is 372 g/mol. The first-order valence-corrected chi connectivity index (χ1v) is 8.45. The Hall–Kier alpha value is -2.63. The molecule has 0 bridgehead atoms. The lowest BCUT2D eigenvalue weighted by molar-refractivity contribution is -0.119. The van der Waals surface area contributed by atoms with Crippen molar-refractivity contribution in [3.05, 3.63) is 76.4 Å². The van der Waals surface area contributed by atoms with Crippen LogP contribution in [-0.4, -0.2) is 29.1 Å². The Labute approximate surface area is 157 Å². The van der Waals surface area contributed by atoms with E-state index in [4.69, 9.17) is 11.6 Å². The van der Waals surface area contributed by atoms with Crippen LogP contribution in [-0.2, 0) is 4.79 Å². The number of aliphatic hydroxyl groups excluding tert-OH is 1. The number of carbonyl (C=O) groups excluding carboxylic acids is 2. The van der Waals surface area contributed by atoms with E-state index in [1.807, 2.05) is 0 Å². The molecule has 26 heavy (non-hydrogen) atoms. The molecule has 0 aromatic heterocycles. The Balaban J connectivity index is 2.30. The van der Waals surface area contributed by atoms with Crippen LogP contribution in [0.15, 0.2) is 60.3 Å². The Morgan fingerprint density at radius 3 is 2.27 bits per heavy atom. The van der Waals surface area contributed by atoms with Crippen LogP contribution in [0.25, 0.3) is 6.08 Å². The van der Waals surface area contributed by atoms with Crippen LogP contribution in [0.5, 0.6) is 0 Å².